The summed E-state index contributed by atoms with van der Waals surface area (Å²) in [6.07, 6.45) is 1.52. The monoisotopic (exact) mass is 471 g/mol. The SMILES string of the molecule is Cc1ccc(C(=O)N2CCCC(C(=O)NCc3ccc(S(=O)(=O)N(C)C(C)C)cc3)C2)cc1. The minimum atomic E-state index is -3.53. The van der Waals surface area contributed by atoms with Crippen molar-refractivity contribution in [1.29, 1.82) is 0 Å². The van der Waals surface area contributed by atoms with E-state index >= 15 is 0 Å². The maximum absolute atomic E-state index is 12.8. The van der Waals surface area contributed by atoms with Crippen LogP contribution in [0.1, 0.15) is 48.2 Å². The minimum Gasteiger partial charge on any atom is -0.352 e. The van der Waals surface area contributed by atoms with Gasteiger partial charge in [-0.1, -0.05) is 29.8 Å². The molecule has 1 saturated heterocycles. The van der Waals surface area contributed by atoms with Crippen LogP contribution in [0.4, 0.5) is 0 Å². The Kier molecular flexibility index (Phi) is 7.92. The third-order valence-corrected chi connectivity index (χ3v) is 8.22. The van der Waals surface area contributed by atoms with Gasteiger partial charge in [-0.3, -0.25) is 9.59 Å². The summed E-state index contributed by atoms with van der Waals surface area (Å²) in [7, 11) is -1.97. The average molecular weight is 472 g/mol. The summed E-state index contributed by atoms with van der Waals surface area (Å²) in [6, 6.07) is 13.9. The van der Waals surface area contributed by atoms with Crippen LogP contribution in [0.3, 0.4) is 0 Å². The molecule has 1 fully saturated rings. The third-order valence-electron chi connectivity index (χ3n) is 6.17. The first kappa shape index (κ1) is 24.9. The van der Waals surface area contributed by atoms with E-state index in [0.29, 0.717) is 25.2 Å². The minimum absolute atomic E-state index is 0.0457. The molecular weight excluding hydrogens is 438 g/mol. The fraction of sp³-hybridized carbons (Fsp3) is 0.440. The molecule has 1 N–H and O–H groups in total. The van der Waals surface area contributed by atoms with Gasteiger partial charge in [0.25, 0.3) is 5.91 Å². The van der Waals surface area contributed by atoms with E-state index in [4.69, 9.17) is 0 Å². The molecule has 178 valence electrons. The number of carbonyl (C=O) groups is 2. The number of hydrogen-bond acceptors (Lipinski definition) is 4. The number of likely N-dealkylation sites (tertiary alicyclic amines) is 1. The zero-order valence-corrected chi connectivity index (χ0v) is 20.6. The van der Waals surface area contributed by atoms with Crippen LogP contribution in [0.15, 0.2) is 53.4 Å². The fourth-order valence-corrected chi connectivity index (χ4v) is 5.18. The molecule has 7 nitrogen and oxygen atoms in total. The second-order valence-electron chi connectivity index (χ2n) is 8.93. The van der Waals surface area contributed by atoms with Gasteiger partial charge in [-0.25, -0.2) is 8.42 Å². The highest BCUT2D eigenvalue weighted by atomic mass is 32.2. The van der Waals surface area contributed by atoms with Crippen molar-refractivity contribution in [2.75, 3.05) is 20.1 Å². The van der Waals surface area contributed by atoms with Gasteiger partial charge in [-0.2, -0.15) is 4.31 Å². The van der Waals surface area contributed by atoms with Crippen molar-refractivity contribution in [3.63, 3.8) is 0 Å². The summed E-state index contributed by atoms with van der Waals surface area (Å²) in [4.78, 5) is 27.5. The molecule has 0 bridgehead atoms. The second kappa shape index (κ2) is 10.5. The molecular formula is C25H33N3O4S. The van der Waals surface area contributed by atoms with Crippen LogP contribution in [-0.2, 0) is 21.4 Å². The standard InChI is InChI=1S/C25H33N3O4S/c1-18(2)27(4)33(31,32)23-13-9-20(10-14-23)16-26-24(29)22-6-5-15-28(17-22)25(30)21-11-7-19(3)8-12-21/h7-14,18,22H,5-6,15-17H2,1-4H3,(H,26,29). The highest BCUT2D eigenvalue weighted by molar-refractivity contribution is 7.89. The van der Waals surface area contributed by atoms with E-state index in [2.05, 4.69) is 5.32 Å². The summed E-state index contributed by atoms with van der Waals surface area (Å²) in [5.74, 6) is -0.393. The van der Waals surface area contributed by atoms with Gasteiger partial charge in [0.2, 0.25) is 15.9 Å². The summed E-state index contributed by atoms with van der Waals surface area (Å²) in [5.41, 5.74) is 2.55. The molecule has 3 rings (SSSR count). The second-order valence-corrected chi connectivity index (χ2v) is 10.9. The number of amides is 2. The topological polar surface area (TPSA) is 86.8 Å². The molecule has 2 amide bonds. The number of nitrogens with zero attached hydrogens (tertiary/aromatic N) is 2. The average Bonchev–Trinajstić information content (AvgIpc) is 2.82. The van der Waals surface area contributed by atoms with E-state index in [1.54, 1.807) is 36.2 Å². The molecule has 1 atom stereocenters. The first-order valence-corrected chi connectivity index (χ1v) is 12.7. The molecule has 8 heteroatoms. The Bertz CT molecular complexity index is 1080. The maximum Gasteiger partial charge on any atom is 0.253 e. The van der Waals surface area contributed by atoms with Crippen LogP contribution in [0, 0.1) is 12.8 Å². The van der Waals surface area contributed by atoms with Crippen LogP contribution in [0.2, 0.25) is 0 Å². The summed E-state index contributed by atoms with van der Waals surface area (Å²) in [5, 5.41) is 2.94. The number of hydrogen-bond donors (Lipinski definition) is 1. The molecule has 1 aliphatic rings. The van der Waals surface area contributed by atoms with Crippen LogP contribution in [0.5, 0.6) is 0 Å². The van der Waals surface area contributed by atoms with Crippen molar-refractivity contribution in [3.05, 3.63) is 65.2 Å². The number of sulfonamides is 1. The highest BCUT2D eigenvalue weighted by Crippen LogP contribution is 2.20. The molecule has 1 heterocycles. The van der Waals surface area contributed by atoms with Crippen LogP contribution in [-0.4, -0.2) is 55.6 Å². The normalized spacial score (nSPS) is 16.8. The number of piperidine rings is 1. The molecule has 0 aliphatic carbocycles. The zero-order valence-electron chi connectivity index (χ0n) is 19.7. The predicted molar refractivity (Wildman–Crippen MR) is 128 cm³/mol. The lowest BCUT2D eigenvalue weighted by Gasteiger charge is -2.32. The largest absolute Gasteiger partial charge is 0.352 e. The Morgan fingerprint density at radius 2 is 1.73 bits per heavy atom. The van der Waals surface area contributed by atoms with Crippen molar-refractivity contribution in [1.82, 2.24) is 14.5 Å². The smallest absolute Gasteiger partial charge is 0.253 e. The van der Waals surface area contributed by atoms with Gasteiger partial charge < -0.3 is 10.2 Å². The first-order valence-electron chi connectivity index (χ1n) is 11.3. The molecule has 2 aromatic carbocycles. The van der Waals surface area contributed by atoms with Gasteiger partial charge >= 0.3 is 0 Å². The Balaban J connectivity index is 1.57. The highest BCUT2D eigenvalue weighted by Gasteiger charge is 2.29. The quantitative estimate of drug-likeness (QED) is 0.672. The number of benzene rings is 2. The summed E-state index contributed by atoms with van der Waals surface area (Å²) >= 11 is 0. The Morgan fingerprint density at radius 3 is 2.33 bits per heavy atom. The Hall–Kier alpha value is -2.71. The molecule has 33 heavy (non-hydrogen) atoms. The van der Waals surface area contributed by atoms with Gasteiger partial charge in [0.1, 0.15) is 0 Å². The Labute approximate surface area is 196 Å². The van der Waals surface area contributed by atoms with Crippen molar-refractivity contribution in [3.8, 4) is 0 Å². The van der Waals surface area contributed by atoms with Crippen molar-refractivity contribution < 1.29 is 18.0 Å². The molecule has 2 aromatic rings. The third kappa shape index (κ3) is 6.00. The first-order chi connectivity index (χ1) is 15.6. The van der Waals surface area contributed by atoms with E-state index in [-0.39, 0.29) is 28.7 Å². The van der Waals surface area contributed by atoms with E-state index in [1.807, 2.05) is 45.0 Å². The van der Waals surface area contributed by atoms with Crippen LogP contribution < -0.4 is 5.32 Å². The number of aryl methyl sites for hydroxylation is 1. The number of carbonyl (C=O) groups excluding carboxylic acids is 2. The summed E-state index contributed by atoms with van der Waals surface area (Å²) < 4.78 is 26.5. The molecule has 1 aliphatic heterocycles. The van der Waals surface area contributed by atoms with Gasteiger partial charge in [0, 0.05) is 38.3 Å². The summed E-state index contributed by atoms with van der Waals surface area (Å²) in [6.45, 7) is 6.98. The Morgan fingerprint density at radius 1 is 1.09 bits per heavy atom. The van der Waals surface area contributed by atoms with E-state index in [0.717, 1.165) is 24.0 Å². The van der Waals surface area contributed by atoms with E-state index in [1.165, 1.54) is 4.31 Å². The van der Waals surface area contributed by atoms with E-state index < -0.39 is 10.0 Å². The van der Waals surface area contributed by atoms with Gasteiger partial charge in [0.05, 0.1) is 10.8 Å². The van der Waals surface area contributed by atoms with Crippen molar-refractivity contribution in [2.24, 2.45) is 5.92 Å². The fourth-order valence-electron chi connectivity index (χ4n) is 3.81. The number of nitrogens with one attached hydrogen (secondary N) is 1. The lowest BCUT2D eigenvalue weighted by atomic mass is 9.96. The van der Waals surface area contributed by atoms with Crippen LogP contribution >= 0.6 is 0 Å². The number of rotatable bonds is 7. The predicted octanol–water partition coefficient (Wildman–Crippen LogP) is 3.19. The van der Waals surface area contributed by atoms with Crippen LogP contribution in [0.25, 0.3) is 0 Å². The maximum atomic E-state index is 12.8. The van der Waals surface area contributed by atoms with Gasteiger partial charge in [-0.05, 0) is 63.4 Å². The zero-order chi connectivity index (χ0) is 24.2. The molecule has 1 unspecified atom stereocenters. The molecule has 0 aromatic heterocycles. The van der Waals surface area contributed by atoms with Crippen molar-refractivity contribution >= 4 is 21.8 Å². The van der Waals surface area contributed by atoms with E-state index in [9.17, 15) is 18.0 Å². The molecule has 0 radical (unpaired) electrons. The van der Waals surface area contributed by atoms with Gasteiger partial charge in [0.15, 0.2) is 0 Å². The lowest BCUT2D eigenvalue weighted by Crippen LogP contribution is -2.45. The molecule has 0 spiro atoms. The molecule has 0 saturated carbocycles. The lowest BCUT2D eigenvalue weighted by molar-refractivity contribution is -0.126. The van der Waals surface area contributed by atoms with Crippen molar-refractivity contribution in [2.45, 2.75) is 51.1 Å². The van der Waals surface area contributed by atoms with Gasteiger partial charge in [-0.15, -0.1) is 0 Å².